The number of aliphatic hydroxyl groups excluding tert-OH is 1. The Labute approximate surface area is 209 Å². The van der Waals surface area contributed by atoms with Crippen molar-refractivity contribution >= 4 is 11.6 Å². The second-order valence-corrected chi connectivity index (χ2v) is 8.51. The molecule has 0 fully saturated rings. The van der Waals surface area contributed by atoms with E-state index in [9.17, 15) is 36.2 Å². The first kappa shape index (κ1) is 26.4. The molecule has 0 aliphatic rings. The van der Waals surface area contributed by atoms with Gasteiger partial charge < -0.3 is 5.11 Å². The standard InChI is InChI=1S/C22H17ClF6N6O2/c1-21(25,26)19-30-17(31-35(19)15-4-2-3-14(24)9-15)11-34-20(37)33(10-16(36)22(27,28)29)18(32-34)12-5-7-13(23)8-6-12/h2-9,16,36H,10-11H2,1H3. The molecule has 1 atom stereocenters. The molecule has 4 rings (SSSR count). The molecule has 2 aromatic carbocycles. The summed E-state index contributed by atoms with van der Waals surface area (Å²) in [7, 11) is 0. The summed E-state index contributed by atoms with van der Waals surface area (Å²) in [4.78, 5) is 16.8. The molecule has 0 saturated carbocycles. The molecule has 1 N–H and O–H groups in total. The maximum atomic E-state index is 14.3. The maximum Gasteiger partial charge on any atom is 0.416 e. The Balaban J connectivity index is 1.79. The van der Waals surface area contributed by atoms with Gasteiger partial charge in [0, 0.05) is 17.5 Å². The first-order valence-electron chi connectivity index (χ1n) is 10.5. The Hall–Kier alpha value is -3.65. The van der Waals surface area contributed by atoms with E-state index in [0.717, 1.165) is 12.1 Å². The molecule has 0 aliphatic carbocycles. The second kappa shape index (κ2) is 9.67. The number of aliphatic hydroxyl groups is 1. The lowest BCUT2D eigenvalue weighted by atomic mass is 10.2. The van der Waals surface area contributed by atoms with Crippen LogP contribution in [0.5, 0.6) is 0 Å². The van der Waals surface area contributed by atoms with Gasteiger partial charge in [-0.1, -0.05) is 17.7 Å². The average Bonchev–Trinajstić information content (AvgIpc) is 3.36. The number of hydrogen-bond acceptors (Lipinski definition) is 5. The molecule has 1 unspecified atom stereocenters. The van der Waals surface area contributed by atoms with Crippen molar-refractivity contribution in [2.24, 2.45) is 0 Å². The fourth-order valence-corrected chi connectivity index (χ4v) is 3.55. The van der Waals surface area contributed by atoms with Gasteiger partial charge in [0.05, 0.1) is 12.2 Å². The summed E-state index contributed by atoms with van der Waals surface area (Å²) in [5, 5.41) is 17.9. The van der Waals surface area contributed by atoms with Crippen LogP contribution in [0.2, 0.25) is 5.02 Å². The fourth-order valence-electron chi connectivity index (χ4n) is 3.43. The summed E-state index contributed by atoms with van der Waals surface area (Å²) in [6, 6.07) is 10.3. The number of hydrogen-bond donors (Lipinski definition) is 1. The van der Waals surface area contributed by atoms with Gasteiger partial charge in [-0.25, -0.2) is 23.5 Å². The smallest absolute Gasteiger partial charge is 0.382 e. The van der Waals surface area contributed by atoms with E-state index in [2.05, 4.69) is 15.2 Å². The lowest BCUT2D eigenvalue weighted by Gasteiger charge is -2.15. The molecule has 196 valence electrons. The van der Waals surface area contributed by atoms with Gasteiger partial charge in [0.2, 0.25) is 5.82 Å². The van der Waals surface area contributed by atoms with Crippen LogP contribution in [0.1, 0.15) is 18.6 Å². The molecule has 0 saturated heterocycles. The van der Waals surface area contributed by atoms with E-state index in [1.54, 1.807) is 0 Å². The van der Waals surface area contributed by atoms with Crippen molar-refractivity contribution < 1.29 is 31.4 Å². The van der Waals surface area contributed by atoms with Gasteiger partial charge in [0.25, 0.3) is 0 Å². The number of nitrogens with zero attached hydrogens (tertiary/aromatic N) is 6. The minimum atomic E-state index is -5.02. The van der Waals surface area contributed by atoms with Crippen molar-refractivity contribution in [2.75, 3.05) is 0 Å². The number of aromatic nitrogens is 6. The van der Waals surface area contributed by atoms with Gasteiger partial charge in [-0.15, -0.1) is 10.2 Å². The van der Waals surface area contributed by atoms with Crippen molar-refractivity contribution in [1.29, 1.82) is 0 Å². The molecular weight excluding hydrogens is 530 g/mol. The third-order valence-electron chi connectivity index (χ3n) is 5.15. The van der Waals surface area contributed by atoms with Crippen LogP contribution in [0.3, 0.4) is 0 Å². The third kappa shape index (κ3) is 5.69. The highest BCUT2D eigenvalue weighted by molar-refractivity contribution is 6.30. The van der Waals surface area contributed by atoms with E-state index < -0.39 is 48.6 Å². The molecule has 0 aliphatic heterocycles. The van der Waals surface area contributed by atoms with E-state index in [1.165, 1.54) is 36.4 Å². The molecule has 8 nitrogen and oxygen atoms in total. The van der Waals surface area contributed by atoms with E-state index in [4.69, 9.17) is 11.6 Å². The summed E-state index contributed by atoms with van der Waals surface area (Å²) in [6.07, 6.45) is -7.91. The van der Waals surface area contributed by atoms with Crippen LogP contribution >= 0.6 is 11.6 Å². The lowest BCUT2D eigenvalue weighted by molar-refractivity contribution is -0.207. The number of halogens is 7. The normalized spacial score (nSPS) is 13.2. The Bertz CT molecular complexity index is 1470. The molecule has 0 bridgehead atoms. The molecular formula is C22H17ClF6N6O2. The molecule has 0 spiro atoms. The van der Waals surface area contributed by atoms with Crippen LogP contribution in [0.25, 0.3) is 17.1 Å². The quantitative estimate of drug-likeness (QED) is 0.352. The van der Waals surface area contributed by atoms with Crippen molar-refractivity contribution in [3.63, 3.8) is 0 Å². The highest BCUT2D eigenvalue weighted by Crippen LogP contribution is 2.28. The molecule has 0 radical (unpaired) electrons. The number of rotatable bonds is 7. The first-order valence-corrected chi connectivity index (χ1v) is 10.9. The molecule has 2 aromatic heterocycles. The Morgan fingerprint density at radius 1 is 1.05 bits per heavy atom. The topological polar surface area (TPSA) is 90.8 Å². The highest BCUT2D eigenvalue weighted by Gasteiger charge is 2.39. The lowest BCUT2D eigenvalue weighted by Crippen LogP contribution is -2.37. The molecule has 2 heterocycles. The van der Waals surface area contributed by atoms with Crippen molar-refractivity contribution in [2.45, 2.75) is 38.2 Å². The minimum Gasteiger partial charge on any atom is -0.382 e. The SMILES string of the molecule is CC(F)(F)c1nc(Cn2nc(-c3ccc(Cl)cc3)n(CC(O)C(F)(F)F)c2=O)nn1-c1cccc(F)c1. The zero-order valence-electron chi connectivity index (χ0n) is 18.8. The second-order valence-electron chi connectivity index (χ2n) is 8.07. The number of benzene rings is 2. The minimum absolute atomic E-state index is 0.0664. The van der Waals surface area contributed by atoms with Crippen LogP contribution < -0.4 is 5.69 Å². The van der Waals surface area contributed by atoms with E-state index in [1.807, 2.05) is 0 Å². The van der Waals surface area contributed by atoms with Gasteiger partial charge in [0.15, 0.2) is 17.8 Å². The monoisotopic (exact) mass is 546 g/mol. The molecule has 37 heavy (non-hydrogen) atoms. The Morgan fingerprint density at radius 3 is 2.32 bits per heavy atom. The largest absolute Gasteiger partial charge is 0.416 e. The summed E-state index contributed by atoms with van der Waals surface area (Å²) >= 11 is 5.85. The summed E-state index contributed by atoms with van der Waals surface area (Å²) in [5.41, 5.74) is -0.947. The zero-order valence-corrected chi connectivity index (χ0v) is 19.6. The van der Waals surface area contributed by atoms with Crippen molar-refractivity contribution in [1.82, 2.24) is 29.1 Å². The third-order valence-corrected chi connectivity index (χ3v) is 5.40. The average molecular weight is 547 g/mol. The van der Waals surface area contributed by atoms with E-state index in [-0.39, 0.29) is 22.9 Å². The van der Waals surface area contributed by atoms with Crippen molar-refractivity contribution in [3.05, 3.63) is 81.5 Å². The summed E-state index contributed by atoms with van der Waals surface area (Å²) in [6.45, 7) is -1.24. The van der Waals surface area contributed by atoms with Gasteiger partial charge in [0.1, 0.15) is 12.4 Å². The fraction of sp³-hybridized carbons (Fsp3) is 0.273. The molecule has 4 aromatic rings. The Morgan fingerprint density at radius 2 is 1.73 bits per heavy atom. The summed E-state index contributed by atoms with van der Waals surface area (Å²) in [5.74, 6) is -5.67. The van der Waals surface area contributed by atoms with Crippen LogP contribution in [0.4, 0.5) is 26.3 Å². The van der Waals surface area contributed by atoms with Gasteiger partial charge in [-0.3, -0.25) is 4.57 Å². The summed E-state index contributed by atoms with van der Waals surface area (Å²) < 4.78 is 83.3. The predicted molar refractivity (Wildman–Crippen MR) is 119 cm³/mol. The van der Waals surface area contributed by atoms with Crippen LogP contribution in [-0.2, 0) is 19.0 Å². The van der Waals surface area contributed by atoms with Crippen LogP contribution in [0, 0.1) is 5.82 Å². The number of alkyl halides is 5. The van der Waals surface area contributed by atoms with Gasteiger partial charge >= 0.3 is 17.8 Å². The van der Waals surface area contributed by atoms with Crippen LogP contribution in [0.15, 0.2) is 53.3 Å². The molecule has 15 heteroatoms. The molecule has 0 amide bonds. The van der Waals surface area contributed by atoms with E-state index in [0.29, 0.717) is 25.9 Å². The van der Waals surface area contributed by atoms with Crippen molar-refractivity contribution in [3.8, 4) is 17.1 Å². The zero-order chi connectivity index (χ0) is 27.1. The first-order chi connectivity index (χ1) is 17.2. The highest BCUT2D eigenvalue weighted by atomic mass is 35.5. The van der Waals surface area contributed by atoms with Gasteiger partial charge in [-0.2, -0.15) is 22.0 Å². The van der Waals surface area contributed by atoms with E-state index >= 15 is 0 Å². The van der Waals surface area contributed by atoms with Crippen LogP contribution in [-0.4, -0.2) is 46.5 Å². The maximum absolute atomic E-state index is 14.3. The van der Waals surface area contributed by atoms with Gasteiger partial charge in [-0.05, 0) is 42.5 Å². The Kier molecular flexibility index (Phi) is 6.90. The predicted octanol–water partition coefficient (Wildman–Crippen LogP) is 4.17.